The molecule has 250 valence electrons. The van der Waals surface area contributed by atoms with Crippen LogP contribution in [0, 0.1) is 11.8 Å². The summed E-state index contributed by atoms with van der Waals surface area (Å²) >= 11 is 3.63. The van der Waals surface area contributed by atoms with E-state index in [1.165, 1.54) is 14.0 Å². The van der Waals surface area contributed by atoms with Crippen LogP contribution < -0.4 is 20.1 Å². The van der Waals surface area contributed by atoms with Crippen LogP contribution in [0.1, 0.15) is 55.4 Å². The van der Waals surface area contributed by atoms with Gasteiger partial charge in [0, 0.05) is 23.7 Å². The summed E-state index contributed by atoms with van der Waals surface area (Å²) in [5.41, 5.74) is 2.68. The number of aryl methyl sites for hydroxylation is 2. The molecule has 0 saturated heterocycles. The van der Waals surface area contributed by atoms with Crippen molar-refractivity contribution < 1.29 is 29.0 Å². The van der Waals surface area contributed by atoms with Crippen LogP contribution in [-0.2, 0) is 33.8 Å². The van der Waals surface area contributed by atoms with Gasteiger partial charge >= 0.3 is 0 Å². The third kappa shape index (κ3) is 7.48. The quantitative estimate of drug-likeness (QED) is 0.139. The van der Waals surface area contributed by atoms with Crippen LogP contribution >= 0.6 is 15.9 Å². The van der Waals surface area contributed by atoms with Gasteiger partial charge in [-0.15, -0.1) is 0 Å². The molecular formula is C39H41BrN2O6. The minimum atomic E-state index is -1.77. The van der Waals surface area contributed by atoms with Crippen molar-refractivity contribution in [3.05, 3.63) is 118 Å². The second-order valence-electron chi connectivity index (χ2n) is 12.3. The maximum absolute atomic E-state index is 14.4. The maximum atomic E-state index is 14.4. The maximum Gasteiger partial charge on any atom is 0.235 e. The molecule has 0 bridgehead atoms. The normalized spacial score (nSPS) is 20.5. The SMILES string of the molecule is CCc1ccccc1NC(=O)C1C(=O)CC(C)(O)C(C(=O)Nc2ccccc2CC)C1c1cc(Br)c(OCc2ccccc2)c(OC)c1. The Labute approximate surface area is 290 Å². The van der Waals surface area contributed by atoms with E-state index >= 15 is 0 Å². The molecule has 3 N–H and O–H groups in total. The summed E-state index contributed by atoms with van der Waals surface area (Å²) in [6, 6.07) is 28.0. The smallest absolute Gasteiger partial charge is 0.235 e. The lowest BCUT2D eigenvalue weighted by atomic mass is 9.61. The molecule has 5 rings (SSSR count). The fourth-order valence-corrected chi connectivity index (χ4v) is 7.19. The number of anilines is 2. The second-order valence-corrected chi connectivity index (χ2v) is 13.1. The number of methoxy groups -OCH3 is 1. The van der Waals surface area contributed by atoms with Crippen LogP contribution in [0.15, 0.2) is 95.5 Å². The highest BCUT2D eigenvalue weighted by Crippen LogP contribution is 2.49. The average molecular weight is 714 g/mol. The molecule has 0 spiro atoms. The highest BCUT2D eigenvalue weighted by Gasteiger charge is 2.56. The molecule has 1 aliphatic carbocycles. The Morgan fingerprint density at radius 2 is 1.44 bits per heavy atom. The summed E-state index contributed by atoms with van der Waals surface area (Å²) in [6.45, 7) is 5.73. The molecule has 0 heterocycles. The van der Waals surface area contributed by atoms with Gasteiger partial charge in [-0.3, -0.25) is 14.4 Å². The Kier molecular flexibility index (Phi) is 11.0. The number of nitrogens with one attached hydrogen (secondary N) is 2. The van der Waals surface area contributed by atoms with Crippen molar-refractivity contribution in [1.82, 2.24) is 0 Å². The van der Waals surface area contributed by atoms with Crippen LogP contribution in [0.3, 0.4) is 0 Å². The van der Waals surface area contributed by atoms with E-state index in [-0.39, 0.29) is 13.0 Å². The first-order valence-corrected chi connectivity index (χ1v) is 16.9. The minimum Gasteiger partial charge on any atom is -0.493 e. The Morgan fingerprint density at radius 1 is 0.875 bits per heavy atom. The molecule has 0 aromatic heterocycles. The first-order chi connectivity index (χ1) is 23.1. The second kappa shape index (κ2) is 15.2. The number of hydrogen-bond donors (Lipinski definition) is 3. The number of benzene rings is 4. The van der Waals surface area contributed by atoms with Crippen molar-refractivity contribution in [3.63, 3.8) is 0 Å². The Morgan fingerprint density at radius 3 is 2.02 bits per heavy atom. The van der Waals surface area contributed by atoms with E-state index in [1.54, 1.807) is 24.3 Å². The van der Waals surface area contributed by atoms with Gasteiger partial charge in [0.05, 0.1) is 23.1 Å². The minimum absolute atomic E-state index is 0.273. The lowest BCUT2D eigenvalue weighted by molar-refractivity contribution is -0.150. The third-order valence-electron chi connectivity index (χ3n) is 9.01. The highest BCUT2D eigenvalue weighted by atomic mass is 79.9. The van der Waals surface area contributed by atoms with Crippen molar-refractivity contribution >= 4 is 44.9 Å². The van der Waals surface area contributed by atoms with Gasteiger partial charge in [0.2, 0.25) is 11.8 Å². The van der Waals surface area contributed by atoms with Crippen LogP contribution in [0.5, 0.6) is 11.5 Å². The molecule has 0 radical (unpaired) electrons. The van der Waals surface area contributed by atoms with Gasteiger partial charge in [-0.1, -0.05) is 80.6 Å². The predicted octanol–water partition coefficient (Wildman–Crippen LogP) is 7.48. The van der Waals surface area contributed by atoms with E-state index in [2.05, 4.69) is 26.6 Å². The van der Waals surface area contributed by atoms with Crippen molar-refractivity contribution in [3.8, 4) is 11.5 Å². The number of amides is 2. The summed E-state index contributed by atoms with van der Waals surface area (Å²) in [5.74, 6) is -4.28. The zero-order valence-electron chi connectivity index (χ0n) is 27.6. The lowest BCUT2D eigenvalue weighted by Crippen LogP contribution is -2.56. The van der Waals surface area contributed by atoms with Crippen LogP contribution in [0.25, 0.3) is 0 Å². The molecule has 0 aliphatic heterocycles. The van der Waals surface area contributed by atoms with Gasteiger partial charge in [0.15, 0.2) is 11.5 Å². The van der Waals surface area contributed by atoms with Gasteiger partial charge in [-0.25, -0.2) is 0 Å². The monoisotopic (exact) mass is 712 g/mol. The summed E-state index contributed by atoms with van der Waals surface area (Å²) in [5, 5.41) is 17.8. The third-order valence-corrected chi connectivity index (χ3v) is 9.60. The number of para-hydroxylation sites is 2. The van der Waals surface area contributed by atoms with Crippen molar-refractivity contribution in [1.29, 1.82) is 0 Å². The number of aliphatic hydroxyl groups is 1. The molecule has 1 fully saturated rings. The molecule has 48 heavy (non-hydrogen) atoms. The number of halogens is 1. The highest BCUT2D eigenvalue weighted by molar-refractivity contribution is 9.10. The summed E-state index contributed by atoms with van der Waals surface area (Å²) in [7, 11) is 1.50. The Bertz CT molecular complexity index is 1790. The Balaban J connectivity index is 1.61. The summed E-state index contributed by atoms with van der Waals surface area (Å²) in [6.07, 6.45) is 0.973. The zero-order chi connectivity index (χ0) is 34.4. The van der Waals surface area contributed by atoms with Crippen LogP contribution in [0.2, 0.25) is 0 Å². The largest absolute Gasteiger partial charge is 0.493 e. The average Bonchev–Trinajstić information content (AvgIpc) is 3.07. The molecular weight excluding hydrogens is 672 g/mol. The Hall–Kier alpha value is -4.47. The molecule has 4 aromatic carbocycles. The van der Waals surface area contributed by atoms with Gasteiger partial charge in [-0.05, 0) is 82.2 Å². The predicted molar refractivity (Wildman–Crippen MR) is 190 cm³/mol. The van der Waals surface area contributed by atoms with Crippen molar-refractivity contribution in [2.24, 2.45) is 11.8 Å². The summed E-state index contributed by atoms with van der Waals surface area (Å²) in [4.78, 5) is 42.5. The fourth-order valence-electron chi connectivity index (χ4n) is 6.62. The van der Waals surface area contributed by atoms with E-state index in [0.717, 1.165) is 16.7 Å². The summed E-state index contributed by atoms with van der Waals surface area (Å²) < 4.78 is 12.4. The van der Waals surface area contributed by atoms with E-state index < -0.39 is 41.0 Å². The van der Waals surface area contributed by atoms with E-state index in [0.29, 0.717) is 45.8 Å². The van der Waals surface area contributed by atoms with Crippen LogP contribution in [0.4, 0.5) is 11.4 Å². The standard InChI is InChI=1S/C39H41BrN2O6/c1-5-25-16-10-12-18-29(25)41-37(44)34-31(43)22-39(3,46)35(38(45)42-30-19-13-11-17-26(30)6-2)33(34)27-20-28(40)36(32(21-27)47-4)48-23-24-14-8-7-9-15-24/h7-21,33-35,46H,5-6,22-23H2,1-4H3,(H,41,44)(H,42,45). The van der Waals surface area contributed by atoms with Gasteiger partial charge < -0.3 is 25.2 Å². The number of carbonyl (C=O) groups excluding carboxylic acids is 3. The number of Topliss-reactive ketones (excluding diaryl/α,β-unsaturated/α-hetero) is 1. The topological polar surface area (TPSA) is 114 Å². The van der Waals surface area contributed by atoms with Crippen molar-refractivity contribution in [2.75, 3.05) is 17.7 Å². The molecule has 2 amide bonds. The van der Waals surface area contributed by atoms with Gasteiger partial charge in [0.25, 0.3) is 0 Å². The van der Waals surface area contributed by atoms with E-state index in [9.17, 15) is 19.5 Å². The molecule has 4 aromatic rings. The number of ketones is 1. The number of rotatable bonds is 11. The van der Waals surface area contributed by atoms with E-state index in [1.807, 2.05) is 80.6 Å². The number of hydrogen-bond acceptors (Lipinski definition) is 6. The molecule has 1 saturated carbocycles. The van der Waals surface area contributed by atoms with Gasteiger partial charge in [-0.2, -0.15) is 0 Å². The molecule has 4 atom stereocenters. The first-order valence-electron chi connectivity index (χ1n) is 16.1. The van der Waals surface area contributed by atoms with E-state index in [4.69, 9.17) is 9.47 Å². The molecule has 1 aliphatic rings. The fraction of sp³-hybridized carbons (Fsp3) is 0.308. The molecule has 8 nitrogen and oxygen atoms in total. The molecule has 4 unspecified atom stereocenters. The van der Waals surface area contributed by atoms with Crippen molar-refractivity contribution in [2.45, 2.75) is 58.2 Å². The molecule has 9 heteroatoms. The van der Waals surface area contributed by atoms with Crippen LogP contribution in [-0.4, -0.2) is 35.4 Å². The number of ether oxygens (including phenoxy) is 2. The van der Waals surface area contributed by atoms with Gasteiger partial charge in [0.1, 0.15) is 18.3 Å². The first kappa shape index (κ1) is 34.9. The zero-order valence-corrected chi connectivity index (χ0v) is 29.2. The number of carbonyl (C=O) groups is 3. The lowest BCUT2D eigenvalue weighted by Gasteiger charge is -2.44.